The number of halogens is 1. The minimum atomic E-state index is 0.260. The van der Waals surface area contributed by atoms with Crippen LogP contribution in [0.4, 0.5) is 0 Å². The number of thiophene rings is 1. The Balaban J connectivity index is 2.39. The second-order valence-corrected chi connectivity index (χ2v) is 4.51. The maximum Gasteiger partial charge on any atom is 0.257 e. The Morgan fingerprint density at radius 3 is 2.71 bits per heavy atom. The molecule has 0 amide bonds. The maximum absolute atomic E-state index is 5.57. The summed E-state index contributed by atoms with van der Waals surface area (Å²) >= 11 is 7.22. The lowest BCUT2D eigenvalue weighted by Gasteiger charge is -1.84. The van der Waals surface area contributed by atoms with E-state index in [0.717, 1.165) is 4.88 Å². The molecule has 0 unspecified atom stereocenters. The van der Waals surface area contributed by atoms with Gasteiger partial charge in [0, 0.05) is 4.88 Å². The van der Waals surface area contributed by atoms with E-state index in [1.807, 2.05) is 6.07 Å². The van der Waals surface area contributed by atoms with Crippen LogP contribution in [0.1, 0.15) is 16.3 Å². The Labute approximate surface area is 90.7 Å². The van der Waals surface area contributed by atoms with Crippen LogP contribution < -0.4 is 0 Å². The number of aromatic nitrogens is 2. The standard InChI is InChI=1S/C9H9ClN2OS/c1-5-3-7(14-6(5)2)9-12-11-8(4-10)13-9/h3H,4H2,1-2H3. The molecule has 14 heavy (non-hydrogen) atoms. The molecule has 0 N–H and O–H groups in total. The van der Waals surface area contributed by atoms with Crippen LogP contribution in [0.25, 0.3) is 10.8 Å². The van der Waals surface area contributed by atoms with Crippen LogP contribution >= 0.6 is 22.9 Å². The second kappa shape index (κ2) is 3.71. The first-order chi connectivity index (χ1) is 6.70. The molecule has 0 saturated heterocycles. The first-order valence-electron chi connectivity index (χ1n) is 4.16. The lowest BCUT2D eigenvalue weighted by molar-refractivity contribution is 0.528. The van der Waals surface area contributed by atoms with Gasteiger partial charge in [0.05, 0.1) is 4.88 Å². The molecule has 0 atom stereocenters. The van der Waals surface area contributed by atoms with Crippen LogP contribution in [0.5, 0.6) is 0 Å². The largest absolute Gasteiger partial charge is 0.419 e. The van der Waals surface area contributed by atoms with E-state index in [1.165, 1.54) is 10.4 Å². The van der Waals surface area contributed by atoms with Gasteiger partial charge in [-0.15, -0.1) is 33.1 Å². The van der Waals surface area contributed by atoms with E-state index in [0.29, 0.717) is 11.8 Å². The van der Waals surface area contributed by atoms with Gasteiger partial charge in [-0.25, -0.2) is 0 Å². The highest BCUT2D eigenvalue weighted by Crippen LogP contribution is 2.29. The molecule has 0 bridgehead atoms. The number of alkyl halides is 1. The van der Waals surface area contributed by atoms with Gasteiger partial charge >= 0.3 is 0 Å². The fraction of sp³-hybridized carbons (Fsp3) is 0.333. The molecule has 2 heterocycles. The van der Waals surface area contributed by atoms with Crippen LogP contribution in [0.15, 0.2) is 10.5 Å². The van der Waals surface area contributed by atoms with Gasteiger partial charge in [-0.05, 0) is 25.5 Å². The fourth-order valence-electron chi connectivity index (χ4n) is 1.09. The topological polar surface area (TPSA) is 38.9 Å². The lowest BCUT2D eigenvalue weighted by Crippen LogP contribution is -1.73. The normalized spacial score (nSPS) is 10.8. The average molecular weight is 229 g/mol. The third kappa shape index (κ3) is 1.67. The van der Waals surface area contributed by atoms with E-state index in [1.54, 1.807) is 11.3 Å². The van der Waals surface area contributed by atoms with Crippen LogP contribution in [-0.2, 0) is 5.88 Å². The van der Waals surface area contributed by atoms with Gasteiger partial charge in [0.25, 0.3) is 5.89 Å². The van der Waals surface area contributed by atoms with Gasteiger partial charge in [0.15, 0.2) is 0 Å². The Morgan fingerprint density at radius 1 is 1.43 bits per heavy atom. The van der Waals surface area contributed by atoms with Crippen LogP contribution in [0, 0.1) is 13.8 Å². The number of rotatable bonds is 2. The van der Waals surface area contributed by atoms with E-state index < -0.39 is 0 Å². The third-order valence-electron chi connectivity index (χ3n) is 1.96. The second-order valence-electron chi connectivity index (χ2n) is 2.98. The average Bonchev–Trinajstić information content (AvgIpc) is 2.74. The number of hydrogen-bond donors (Lipinski definition) is 0. The number of nitrogens with zero attached hydrogens (tertiary/aromatic N) is 2. The molecule has 0 aromatic carbocycles. The Hall–Kier alpha value is -0.870. The highest BCUT2D eigenvalue weighted by molar-refractivity contribution is 7.15. The van der Waals surface area contributed by atoms with Crippen molar-refractivity contribution in [3.63, 3.8) is 0 Å². The fourth-order valence-corrected chi connectivity index (χ4v) is 2.15. The van der Waals surface area contributed by atoms with E-state index >= 15 is 0 Å². The third-order valence-corrected chi connectivity index (χ3v) is 3.33. The summed E-state index contributed by atoms with van der Waals surface area (Å²) in [4.78, 5) is 2.27. The van der Waals surface area contributed by atoms with Crippen molar-refractivity contribution in [1.29, 1.82) is 0 Å². The number of hydrogen-bond acceptors (Lipinski definition) is 4. The molecule has 2 rings (SSSR count). The molecule has 0 radical (unpaired) electrons. The summed E-state index contributed by atoms with van der Waals surface area (Å²) in [7, 11) is 0. The molecule has 5 heteroatoms. The van der Waals surface area contributed by atoms with Crippen LogP contribution in [0.2, 0.25) is 0 Å². The Bertz CT molecular complexity index is 430. The zero-order valence-electron chi connectivity index (χ0n) is 7.87. The Morgan fingerprint density at radius 2 is 2.21 bits per heavy atom. The summed E-state index contributed by atoms with van der Waals surface area (Å²) in [5.74, 6) is 1.28. The van der Waals surface area contributed by atoms with E-state index in [2.05, 4.69) is 24.0 Å². The zero-order chi connectivity index (χ0) is 10.1. The molecule has 2 aromatic heterocycles. The molecule has 2 aromatic rings. The summed E-state index contributed by atoms with van der Waals surface area (Å²) in [6, 6.07) is 2.05. The summed E-state index contributed by atoms with van der Waals surface area (Å²) < 4.78 is 5.34. The monoisotopic (exact) mass is 228 g/mol. The molecule has 0 spiro atoms. The summed E-state index contributed by atoms with van der Waals surface area (Å²) in [6.07, 6.45) is 0. The summed E-state index contributed by atoms with van der Waals surface area (Å²) in [5.41, 5.74) is 1.25. The van der Waals surface area contributed by atoms with Crippen LogP contribution in [0.3, 0.4) is 0 Å². The van der Waals surface area contributed by atoms with Crippen molar-refractivity contribution >= 4 is 22.9 Å². The van der Waals surface area contributed by atoms with Crippen molar-refractivity contribution in [2.75, 3.05) is 0 Å². The summed E-state index contributed by atoms with van der Waals surface area (Å²) in [5, 5.41) is 7.73. The van der Waals surface area contributed by atoms with Crippen molar-refractivity contribution in [1.82, 2.24) is 10.2 Å². The van der Waals surface area contributed by atoms with Gasteiger partial charge in [-0.2, -0.15) is 0 Å². The minimum absolute atomic E-state index is 0.260. The first kappa shape index (κ1) is 9.68. The molecule has 0 saturated carbocycles. The minimum Gasteiger partial charge on any atom is -0.419 e. The van der Waals surface area contributed by atoms with Gasteiger partial charge in [0.2, 0.25) is 5.89 Å². The lowest BCUT2D eigenvalue weighted by atomic mass is 10.3. The molecule has 0 aliphatic heterocycles. The molecular weight excluding hydrogens is 220 g/mol. The van der Waals surface area contributed by atoms with Crippen molar-refractivity contribution in [2.45, 2.75) is 19.7 Å². The quantitative estimate of drug-likeness (QED) is 0.742. The molecular formula is C9H9ClN2OS. The Kier molecular flexibility index (Phi) is 2.56. The van der Waals surface area contributed by atoms with Crippen molar-refractivity contribution in [3.05, 3.63) is 22.4 Å². The first-order valence-corrected chi connectivity index (χ1v) is 5.51. The SMILES string of the molecule is Cc1cc(-c2nnc(CCl)o2)sc1C. The highest BCUT2D eigenvalue weighted by atomic mass is 35.5. The smallest absolute Gasteiger partial charge is 0.257 e. The number of aryl methyl sites for hydroxylation is 2. The van der Waals surface area contributed by atoms with Crippen molar-refractivity contribution < 1.29 is 4.42 Å². The summed E-state index contributed by atoms with van der Waals surface area (Å²) in [6.45, 7) is 4.14. The zero-order valence-corrected chi connectivity index (χ0v) is 9.45. The van der Waals surface area contributed by atoms with E-state index in [4.69, 9.17) is 16.0 Å². The molecule has 3 nitrogen and oxygen atoms in total. The van der Waals surface area contributed by atoms with E-state index in [9.17, 15) is 0 Å². The molecule has 0 aliphatic carbocycles. The molecule has 74 valence electrons. The van der Waals surface area contributed by atoms with Crippen LogP contribution in [-0.4, -0.2) is 10.2 Å². The van der Waals surface area contributed by atoms with Gasteiger partial charge < -0.3 is 4.42 Å². The molecule has 0 aliphatic rings. The van der Waals surface area contributed by atoms with E-state index in [-0.39, 0.29) is 5.88 Å². The van der Waals surface area contributed by atoms with Gasteiger partial charge in [0.1, 0.15) is 5.88 Å². The maximum atomic E-state index is 5.57. The van der Waals surface area contributed by atoms with Crippen molar-refractivity contribution in [2.24, 2.45) is 0 Å². The molecule has 0 fully saturated rings. The predicted molar refractivity (Wildman–Crippen MR) is 56.6 cm³/mol. The van der Waals surface area contributed by atoms with Gasteiger partial charge in [-0.1, -0.05) is 0 Å². The van der Waals surface area contributed by atoms with Gasteiger partial charge in [-0.3, -0.25) is 0 Å². The predicted octanol–water partition coefficient (Wildman–Crippen LogP) is 3.15. The van der Waals surface area contributed by atoms with Crippen molar-refractivity contribution in [3.8, 4) is 10.8 Å². The highest BCUT2D eigenvalue weighted by Gasteiger charge is 2.11.